The van der Waals surface area contributed by atoms with Crippen LogP contribution in [0.3, 0.4) is 0 Å². The molecule has 0 amide bonds. The number of nitrogens with one attached hydrogen (secondary N) is 2. The molecular weight excluding hydrogens is 244 g/mol. The van der Waals surface area contributed by atoms with E-state index in [1.807, 2.05) is 0 Å². The minimum absolute atomic E-state index is 0.595. The van der Waals surface area contributed by atoms with Crippen molar-refractivity contribution in [2.24, 2.45) is 11.3 Å². The van der Waals surface area contributed by atoms with Crippen molar-refractivity contribution in [3.8, 4) is 0 Å². The summed E-state index contributed by atoms with van der Waals surface area (Å²) in [4.78, 5) is 0. The predicted molar refractivity (Wildman–Crippen MR) is 85.9 cm³/mol. The Hall–Kier alpha value is -0.0800. The Morgan fingerprint density at radius 2 is 1.70 bits per heavy atom. The van der Waals surface area contributed by atoms with E-state index < -0.39 is 0 Å². The van der Waals surface area contributed by atoms with Crippen LogP contribution < -0.4 is 10.6 Å². The Kier molecular flexibility index (Phi) is 4.72. The van der Waals surface area contributed by atoms with Crippen molar-refractivity contribution in [3.63, 3.8) is 0 Å². The highest BCUT2D eigenvalue weighted by molar-refractivity contribution is 4.94. The van der Waals surface area contributed by atoms with Crippen molar-refractivity contribution in [1.29, 1.82) is 0 Å². The predicted octanol–water partition coefficient (Wildman–Crippen LogP) is 3.86. The molecule has 1 heterocycles. The van der Waals surface area contributed by atoms with Gasteiger partial charge in [0.25, 0.3) is 0 Å². The first-order valence-corrected chi connectivity index (χ1v) is 9.13. The summed E-state index contributed by atoms with van der Waals surface area (Å²) in [6, 6.07) is 2.41. The van der Waals surface area contributed by atoms with Crippen LogP contribution in [0.5, 0.6) is 0 Å². The van der Waals surface area contributed by atoms with E-state index >= 15 is 0 Å². The highest BCUT2D eigenvalue weighted by Gasteiger charge is 2.36. The Bertz CT molecular complexity index is 297. The van der Waals surface area contributed by atoms with Crippen molar-refractivity contribution in [1.82, 2.24) is 10.6 Å². The molecule has 1 aliphatic heterocycles. The summed E-state index contributed by atoms with van der Waals surface area (Å²) in [6.45, 7) is 6.13. The molecule has 2 heteroatoms. The summed E-state index contributed by atoms with van der Waals surface area (Å²) < 4.78 is 0. The molecule has 0 aromatic heterocycles. The van der Waals surface area contributed by atoms with Gasteiger partial charge in [-0.2, -0.15) is 0 Å². The fraction of sp³-hybridized carbons (Fsp3) is 1.00. The van der Waals surface area contributed by atoms with Crippen LogP contribution in [-0.2, 0) is 0 Å². The fourth-order valence-corrected chi connectivity index (χ4v) is 4.79. The standard InChI is InChI=1S/C18H34N2/c1-18(2)11-9-14(10-12-18)20-17-8-5-6-15(17)16-7-3-4-13-19-16/h14-17,19-20H,3-13H2,1-2H3. The van der Waals surface area contributed by atoms with Crippen LogP contribution in [0.25, 0.3) is 0 Å². The smallest absolute Gasteiger partial charge is 0.0113 e. The third kappa shape index (κ3) is 3.57. The number of piperidine rings is 1. The normalized spacial score (nSPS) is 39.0. The van der Waals surface area contributed by atoms with E-state index in [1.165, 1.54) is 70.8 Å². The molecule has 20 heavy (non-hydrogen) atoms. The molecule has 2 aliphatic carbocycles. The van der Waals surface area contributed by atoms with Crippen LogP contribution in [0.4, 0.5) is 0 Å². The second-order valence-electron chi connectivity index (χ2n) is 8.36. The van der Waals surface area contributed by atoms with Gasteiger partial charge in [-0.1, -0.05) is 26.7 Å². The quantitative estimate of drug-likeness (QED) is 0.819. The van der Waals surface area contributed by atoms with Gasteiger partial charge < -0.3 is 10.6 Å². The van der Waals surface area contributed by atoms with Gasteiger partial charge in [0.15, 0.2) is 0 Å². The molecule has 3 fully saturated rings. The summed E-state index contributed by atoms with van der Waals surface area (Å²) in [5.74, 6) is 0.908. The van der Waals surface area contributed by atoms with Crippen LogP contribution >= 0.6 is 0 Å². The minimum Gasteiger partial charge on any atom is -0.314 e. The molecule has 116 valence electrons. The average molecular weight is 278 g/mol. The topological polar surface area (TPSA) is 24.1 Å². The Labute approximate surface area is 125 Å². The second-order valence-corrected chi connectivity index (χ2v) is 8.36. The number of hydrogen-bond acceptors (Lipinski definition) is 2. The maximum absolute atomic E-state index is 4.06. The second kappa shape index (κ2) is 6.36. The maximum atomic E-state index is 4.06. The molecule has 0 radical (unpaired) electrons. The highest BCUT2D eigenvalue weighted by atomic mass is 15.0. The lowest BCUT2D eigenvalue weighted by molar-refractivity contribution is 0.179. The van der Waals surface area contributed by atoms with E-state index in [9.17, 15) is 0 Å². The highest BCUT2D eigenvalue weighted by Crippen LogP contribution is 2.37. The van der Waals surface area contributed by atoms with Crippen molar-refractivity contribution < 1.29 is 0 Å². The van der Waals surface area contributed by atoms with E-state index in [4.69, 9.17) is 0 Å². The summed E-state index contributed by atoms with van der Waals surface area (Å²) in [5.41, 5.74) is 0.595. The summed E-state index contributed by atoms with van der Waals surface area (Å²) in [5, 5.41) is 7.86. The van der Waals surface area contributed by atoms with Crippen LogP contribution in [0.2, 0.25) is 0 Å². The van der Waals surface area contributed by atoms with Crippen LogP contribution in [0.1, 0.15) is 78.1 Å². The molecule has 0 aromatic rings. The monoisotopic (exact) mass is 278 g/mol. The van der Waals surface area contributed by atoms with E-state index in [0.29, 0.717) is 5.41 Å². The van der Waals surface area contributed by atoms with Crippen LogP contribution in [-0.4, -0.2) is 24.7 Å². The Balaban J connectivity index is 1.51. The van der Waals surface area contributed by atoms with E-state index in [2.05, 4.69) is 24.5 Å². The zero-order valence-electron chi connectivity index (χ0n) is 13.6. The molecule has 3 aliphatic rings. The van der Waals surface area contributed by atoms with Gasteiger partial charge in [-0.3, -0.25) is 0 Å². The summed E-state index contributed by atoms with van der Waals surface area (Å²) >= 11 is 0. The van der Waals surface area contributed by atoms with Crippen LogP contribution in [0, 0.1) is 11.3 Å². The summed E-state index contributed by atoms with van der Waals surface area (Å²) in [7, 11) is 0. The Morgan fingerprint density at radius 3 is 2.40 bits per heavy atom. The molecule has 2 saturated carbocycles. The van der Waals surface area contributed by atoms with Crippen molar-refractivity contribution >= 4 is 0 Å². The van der Waals surface area contributed by atoms with Gasteiger partial charge in [0.2, 0.25) is 0 Å². The van der Waals surface area contributed by atoms with Gasteiger partial charge in [0, 0.05) is 18.1 Å². The van der Waals surface area contributed by atoms with E-state index in [-0.39, 0.29) is 0 Å². The first-order valence-electron chi connectivity index (χ1n) is 9.13. The van der Waals surface area contributed by atoms with Gasteiger partial charge >= 0.3 is 0 Å². The lowest BCUT2D eigenvalue weighted by Gasteiger charge is -2.39. The average Bonchev–Trinajstić information content (AvgIpc) is 2.90. The molecule has 0 bridgehead atoms. The molecule has 0 spiro atoms. The van der Waals surface area contributed by atoms with Crippen molar-refractivity contribution in [2.45, 2.75) is 96.2 Å². The van der Waals surface area contributed by atoms with Gasteiger partial charge in [0.05, 0.1) is 0 Å². The zero-order chi connectivity index (χ0) is 14.0. The number of rotatable bonds is 3. The van der Waals surface area contributed by atoms with Gasteiger partial charge in [-0.15, -0.1) is 0 Å². The van der Waals surface area contributed by atoms with E-state index in [1.54, 1.807) is 0 Å². The van der Waals surface area contributed by atoms with Crippen molar-refractivity contribution in [2.75, 3.05) is 6.54 Å². The molecule has 1 saturated heterocycles. The molecule has 2 N–H and O–H groups in total. The van der Waals surface area contributed by atoms with Crippen LogP contribution in [0.15, 0.2) is 0 Å². The van der Waals surface area contributed by atoms with E-state index in [0.717, 1.165) is 24.0 Å². The molecule has 2 nitrogen and oxygen atoms in total. The molecule has 0 aromatic carbocycles. The zero-order valence-corrected chi connectivity index (χ0v) is 13.6. The third-order valence-corrected chi connectivity index (χ3v) is 6.22. The maximum Gasteiger partial charge on any atom is 0.0113 e. The molecule has 3 rings (SSSR count). The largest absolute Gasteiger partial charge is 0.314 e. The lowest BCUT2D eigenvalue weighted by Crippen LogP contribution is -2.50. The molecular formula is C18H34N2. The minimum atomic E-state index is 0.595. The van der Waals surface area contributed by atoms with Crippen molar-refractivity contribution in [3.05, 3.63) is 0 Å². The first-order chi connectivity index (χ1) is 9.64. The first kappa shape index (κ1) is 14.8. The van der Waals surface area contributed by atoms with Gasteiger partial charge in [0.1, 0.15) is 0 Å². The van der Waals surface area contributed by atoms with Gasteiger partial charge in [-0.05, 0) is 69.2 Å². The molecule has 3 unspecified atom stereocenters. The summed E-state index contributed by atoms with van der Waals surface area (Å²) in [6.07, 6.45) is 14.2. The third-order valence-electron chi connectivity index (χ3n) is 6.22. The molecule has 3 atom stereocenters. The lowest BCUT2D eigenvalue weighted by atomic mass is 9.75. The number of hydrogen-bond donors (Lipinski definition) is 2. The Morgan fingerprint density at radius 1 is 0.900 bits per heavy atom. The van der Waals surface area contributed by atoms with Gasteiger partial charge in [-0.25, -0.2) is 0 Å². The fourth-order valence-electron chi connectivity index (χ4n) is 4.79. The SMILES string of the molecule is CC1(C)CCC(NC2CCCC2C2CCCCN2)CC1.